The second kappa shape index (κ2) is 4.74. The summed E-state index contributed by atoms with van der Waals surface area (Å²) in [6, 6.07) is 10.3. The van der Waals surface area contributed by atoms with Gasteiger partial charge in [0.25, 0.3) is 5.56 Å². The molecule has 0 N–H and O–H groups in total. The largest absolute Gasteiger partial charge is 0.292 e. The fraction of sp³-hybridized carbons (Fsp3) is 0.154. The van der Waals surface area contributed by atoms with E-state index in [4.69, 9.17) is 0 Å². The molecule has 0 bridgehead atoms. The summed E-state index contributed by atoms with van der Waals surface area (Å²) in [5.74, 6) is -0.121. The van der Waals surface area contributed by atoms with E-state index in [1.54, 1.807) is 37.4 Å². The van der Waals surface area contributed by atoms with Crippen LogP contribution in [-0.2, 0) is 6.54 Å². The highest BCUT2D eigenvalue weighted by Gasteiger charge is 2.07. The molecule has 0 saturated carbocycles. The Bertz CT molecular complexity index is 588. The van der Waals surface area contributed by atoms with E-state index in [0.29, 0.717) is 5.56 Å². The van der Waals surface area contributed by atoms with Crippen LogP contribution >= 0.6 is 0 Å². The third-order valence-electron chi connectivity index (χ3n) is 2.40. The number of Topliss-reactive ketones (excluding diaryl/α,β-unsaturated/α-hetero) is 1. The Morgan fingerprint density at radius 1 is 1.29 bits per heavy atom. The first kappa shape index (κ1) is 11.3. The molecule has 0 atom stereocenters. The van der Waals surface area contributed by atoms with Crippen LogP contribution in [0.3, 0.4) is 0 Å². The molecule has 1 heterocycles. The summed E-state index contributed by atoms with van der Waals surface area (Å²) in [5.41, 5.74) is 1.12. The van der Waals surface area contributed by atoms with E-state index in [2.05, 4.69) is 5.10 Å². The molecule has 0 aliphatic carbocycles. The number of carbonyl (C=O) groups is 1. The fourth-order valence-corrected chi connectivity index (χ4v) is 1.49. The van der Waals surface area contributed by atoms with Crippen molar-refractivity contribution in [1.29, 1.82) is 0 Å². The number of carbonyl (C=O) groups excluding carboxylic acids is 1. The van der Waals surface area contributed by atoms with E-state index in [9.17, 15) is 9.59 Å². The van der Waals surface area contributed by atoms with Gasteiger partial charge in [-0.1, -0.05) is 30.3 Å². The molecule has 4 heteroatoms. The van der Waals surface area contributed by atoms with E-state index in [1.165, 1.54) is 10.7 Å². The number of aryl methyl sites for hydroxylation is 1. The van der Waals surface area contributed by atoms with Crippen molar-refractivity contribution in [3.8, 4) is 0 Å². The van der Waals surface area contributed by atoms with Gasteiger partial charge in [0, 0.05) is 11.6 Å². The minimum absolute atomic E-state index is 0.0247. The van der Waals surface area contributed by atoms with Gasteiger partial charge in [-0.15, -0.1) is 0 Å². The highest BCUT2D eigenvalue weighted by molar-refractivity contribution is 5.95. The Morgan fingerprint density at radius 3 is 2.65 bits per heavy atom. The van der Waals surface area contributed by atoms with Crippen LogP contribution in [0.5, 0.6) is 0 Å². The molecule has 0 unspecified atom stereocenters. The summed E-state index contributed by atoms with van der Waals surface area (Å²) in [7, 11) is 0. The Kier molecular flexibility index (Phi) is 3.14. The first-order valence-electron chi connectivity index (χ1n) is 5.29. The number of rotatable bonds is 3. The molecule has 0 fully saturated rings. The van der Waals surface area contributed by atoms with Crippen molar-refractivity contribution in [3.05, 3.63) is 64.1 Å². The third-order valence-corrected chi connectivity index (χ3v) is 2.40. The maximum Gasteiger partial charge on any atom is 0.267 e. The zero-order valence-corrected chi connectivity index (χ0v) is 9.46. The molecule has 86 valence electrons. The number of benzene rings is 1. The van der Waals surface area contributed by atoms with Crippen molar-refractivity contribution in [2.75, 3.05) is 0 Å². The van der Waals surface area contributed by atoms with Gasteiger partial charge < -0.3 is 0 Å². The van der Waals surface area contributed by atoms with E-state index in [-0.39, 0.29) is 17.9 Å². The summed E-state index contributed by atoms with van der Waals surface area (Å²) in [5, 5.41) is 3.93. The molecule has 2 aromatic rings. The average Bonchev–Trinajstić information content (AvgIpc) is 2.34. The zero-order valence-electron chi connectivity index (χ0n) is 9.46. The number of hydrogen-bond acceptors (Lipinski definition) is 3. The summed E-state index contributed by atoms with van der Waals surface area (Å²) < 4.78 is 1.17. The van der Waals surface area contributed by atoms with Gasteiger partial charge in [0.05, 0.1) is 6.20 Å². The zero-order chi connectivity index (χ0) is 12.3. The Balaban J connectivity index is 2.22. The van der Waals surface area contributed by atoms with Gasteiger partial charge in [-0.05, 0) is 12.5 Å². The van der Waals surface area contributed by atoms with Gasteiger partial charge in [0.1, 0.15) is 6.54 Å². The Labute approximate surface area is 98.5 Å². The number of ketones is 1. The molecule has 1 aromatic heterocycles. The van der Waals surface area contributed by atoms with Crippen LogP contribution in [0.2, 0.25) is 0 Å². The minimum Gasteiger partial charge on any atom is -0.292 e. The van der Waals surface area contributed by atoms with Crippen LogP contribution in [0.15, 0.2) is 47.4 Å². The molecule has 0 aliphatic rings. The molecular formula is C13H12N2O2. The molecule has 0 amide bonds. The summed E-state index contributed by atoms with van der Waals surface area (Å²) in [4.78, 5) is 23.4. The Morgan fingerprint density at radius 2 is 2.00 bits per heavy atom. The normalized spacial score (nSPS) is 10.2. The van der Waals surface area contributed by atoms with Crippen LogP contribution in [0, 0.1) is 6.92 Å². The molecule has 0 radical (unpaired) electrons. The standard InChI is InChI=1S/C13H12N2O2/c1-10-7-13(17)15(14-8-10)9-12(16)11-5-3-2-4-6-11/h2-8H,9H2,1H3. The molecule has 2 rings (SSSR count). The predicted octanol–water partition coefficient (Wildman–Crippen LogP) is 1.43. The average molecular weight is 228 g/mol. The number of hydrogen-bond donors (Lipinski definition) is 0. The molecule has 0 spiro atoms. The van der Waals surface area contributed by atoms with Crippen molar-refractivity contribution in [2.24, 2.45) is 0 Å². The molecule has 1 aromatic carbocycles. The van der Waals surface area contributed by atoms with Crippen LogP contribution in [0.25, 0.3) is 0 Å². The number of nitrogens with zero attached hydrogens (tertiary/aromatic N) is 2. The first-order chi connectivity index (χ1) is 8.16. The molecule has 0 saturated heterocycles. The fourth-order valence-electron chi connectivity index (χ4n) is 1.49. The summed E-state index contributed by atoms with van der Waals surface area (Å²) in [6.07, 6.45) is 1.57. The van der Waals surface area contributed by atoms with Crippen LogP contribution in [0.4, 0.5) is 0 Å². The van der Waals surface area contributed by atoms with Crippen LogP contribution in [-0.4, -0.2) is 15.6 Å². The maximum absolute atomic E-state index is 11.9. The van der Waals surface area contributed by atoms with E-state index in [1.807, 2.05) is 6.07 Å². The molecular weight excluding hydrogens is 216 g/mol. The minimum atomic E-state index is -0.255. The monoisotopic (exact) mass is 228 g/mol. The highest BCUT2D eigenvalue weighted by atomic mass is 16.1. The molecule has 4 nitrogen and oxygen atoms in total. The van der Waals surface area contributed by atoms with Gasteiger partial charge in [-0.3, -0.25) is 9.59 Å². The van der Waals surface area contributed by atoms with E-state index in [0.717, 1.165) is 5.56 Å². The van der Waals surface area contributed by atoms with Crippen molar-refractivity contribution < 1.29 is 4.79 Å². The van der Waals surface area contributed by atoms with E-state index >= 15 is 0 Å². The SMILES string of the molecule is Cc1cnn(CC(=O)c2ccccc2)c(=O)c1. The smallest absolute Gasteiger partial charge is 0.267 e. The highest BCUT2D eigenvalue weighted by Crippen LogP contribution is 2.00. The van der Waals surface area contributed by atoms with Crippen LogP contribution < -0.4 is 5.56 Å². The molecule has 17 heavy (non-hydrogen) atoms. The third kappa shape index (κ3) is 2.66. The van der Waals surface area contributed by atoms with Gasteiger partial charge in [-0.2, -0.15) is 5.10 Å². The van der Waals surface area contributed by atoms with Gasteiger partial charge >= 0.3 is 0 Å². The number of aromatic nitrogens is 2. The Hall–Kier alpha value is -2.23. The second-order valence-corrected chi connectivity index (χ2v) is 3.82. The lowest BCUT2D eigenvalue weighted by Gasteiger charge is -2.03. The first-order valence-corrected chi connectivity index (χ1v) is 5.29. The molecule has 0 aliphatic heterocycles. The summed E-state index contributed by atoms with van der Waals surface area (Å²) >= 11 is 0. The predicted molar refractivity (Wildman–Crippen MR) is 64.0 cm³/mol. The van der Waals surface area contributed by atoms with Gasteiger partial charge in [0.15, 0.2) is 5.78 Å². The van der Waals surface area contributed by atoms with Crippen molar-refractivity contribution in [3.63, 3.8) is 0 Å². The van der Waals surface area contributed by atoms with Crippen LogP contribution in [0.1, 0.15) is 15.9 Å². The van der Waals surface area contributed by atoms with Crippen molar-refractivity contribution in [2.45, 2.75) is 13.5 Å². The van der Waals surface area contributed by atoms with Gasteiger partial charge in [-0.25, -0.2) is 4.68 Å². The lowest BCUT2D eigenvalue weighted by atomic mass is 10.1. The van der Waals surface area contributed by atoms with E-state index < -0.39 is 0 Å². The van der Waals surface area contributed by atoms with Crippen molar-refractivity contribution in [1.82, 2.24) is 9.78 Å². The van der Waals surface area contributed by atoms with Crippen molar-refractivity contribution >= 4 is 5.78 Å². The quantitative estimate of drug-likeness (QED) is 0.747. The maximum atomic E-state index is 11.9. The second-order valence-electron chi connectivity index (χ2n) is 3.82. The summed E-state index contributed by atoms with van der Waals surface area (Å²) in [6.45, 7) is 1.76. The van der Waals surface area contributed by atoms with Gasteiger partial charge in [0.2, 0.25) is 0 Å². The lowest BCUT2D eigenvalue weighted by molar-refractivity contribution is 0.0965. The topological polar surface area (TPSA) is 52.0 Å². The lowest BCUT2D eigenvalue weighted by Crippen LogP contribution is -2.26.